The van der Waals surface area contributed by atoms with Gasteiger partial charge in [0.2, 0.25) is 0 Å². The number of quaternary nitrogens is 1. The summed E-state index contributed by atoms with van der Waals surface area (Å²) in [6.45, 7) is 2.80. The van der Waals surface area contributed by atoms with E-state index in [0.29, 0.717) is 21.4 Å². The second kappa shape index (κ2) is 10.1. The minimum atomic E-state index is -0.925. The maximum absolute atomic E-state index is 13.7. The van der Waals surface area contributed by atoms with Crippen molar-refractivity contribution in [1.29, 1.82) is 0 Å². The molecule has 2 aromatic heterocycles. The Hall–Kier alpha value is -1.35. The van der Waals surface area contributed by atoms with Crippen LogP contribution in [-0.2, 0) is 11.2 Å². The number of hydroxylamine groups is 2. The van der Waals surface area contributed by atoms with E-state index in [9.17, 15) is 10.0 Å². The molecule has 10 heteroatoms. The van der Waals surface area contributed by atoms with Gasteiger partial charge in [-0.2, -0.15) is 0 Å². The zero-order valence-corrected chi connectivity index (χ0v) is 19.3. The Morgan fingerprint density at radius 3 is 3.10 bits per heavy atom. The van der Waals surface area contributed by atoms with Gasteiger partial charge in [-0.3, -0.25) is 4.65 Å². The van der Waals surface area contributed by atoms with Crippen molar-refractivity contribution in [1.82, 2.24) is 19.7 Å². The summed E-state index contributed by atoms with van der Waals surface area (Å²) in [4.78, 5) is 15.2. The fourth-order valence-electron chi connectivity index (χ4n) is 3.10. The quantitative estimate of drug-likeness (QED) is 0.171. The van der Waals surface area contributed by atoms with Crippen LogP contribution in [0.4, 0.5) is 5.13 Å². The number of hydrogen-bond donors (Lipinski definition) is 0. The molecule has 0 aromatic carbocycles. The summed E-state index contributed by atoms with van der Waals surface area (Å²) in [5, 5.41) is 25.0. The van der Waals surface area contributed by atoms with Crippen LogP contribution >= 0.6 is 38.6 Å². The molecule has 0 saturated carbocycles. The first-order chi connectivity index (χ1) is 14.0. The van der Waals surface area contributed by atoms with Crippen LogP contribution in [0.1, 0.15) is 40.9 Å². The zero-order chi connectivity index (χ0) is 20.9. The van der Waals surface area contributed by atoms with E-state index in [2.05, 4.69) is 39.0 Å². The summed E-state index contributed by atoms with van der Waals surface area (Å²) in [6, 6.07) is 3.45. The van der Waals surface area contributed by atoms with E-state index in [1.54, 1.807) is 22.4 Å². The summed E-state index contributed by atoms with van der Waals surface area (Å²) < 4.78 is 4.72. The molecular formula is C19H23BrN4O3S2. The number of alkyl halides is 1. The minimum Gasteiger partial charge on any atom is -0.622 e. The van der Waals surface area contributed by atoms with Crippen LogP contribution in [0.25, 0.3) is 0 Å². The molecule has 2 aromatic rings. The molecule has 1 aliphatic rings. The number of thiophene rings is 1. The van der Waals surface area contributed by atoms with Crippen molar-refractivity contribution in [2.45, 2.75) is 43.7 Å². The van der Waals surface area contributed by atoms with Crippen LogP contribution in [0.5, 0.6) is 0 Å². The number of ether oxygens (including phenoxy) is 1. The number of carbonyl (C=O) groups excluding carboxylic acids is 1. The Balaban J connectivity index is 1.73. The lowest BCUT2D eigenvalue weighted by molar-refractivity contribution is 0.00608. The van der Waals surface area contributed by atoms with E-state index in [0.717, 1.165) is 30.7 Å². The van der Waals surface area contributed by atoms with Gasteiger partial charge in [0.15, 0.2) is 0 Å². The third kappa shape index (κ3) is 5.42. The maximum Gasteiger partial charge on any atom is 0.352 e. The molecular weight excluding hydrogens is 476 g/mol. The summed E-state index contributed by atoms with van der Waals surface area (Å²) >= 11 is 6.20. The Morgan fingerprint density at radius 2 is 2.41 bits per heavy atom. The second-order valence-corrected chi connectivity index (χ2v) is 10.1. The molecule has 1 saturated heterocycles. The van der Waals surface area contributed by atoms with Crippen molar-refractivity contribution in [2.24, 2.45) is 0 Å². The first-order valence-corrected chi connectivity index (χ1v) is 12.0. The lowest BCUT2D eigenvalue weighted by atomic mass is 10.2. The van der Waals surface area contributed by atoms with Gasteiger partial charge in [-0.1, -0.05) is 39.9 Å². The van der Waals surface area contributed by atoms with Crippen LogP contribution in [0.3, 0.4) is 0 Å². The smallest absolute Gasteiger partial charge is 0.352 e. The average molecular weight is 499 g/mol. The van der Waals surface area contributed by atoms with Crippen LogP contribution < -0.4 is 4.65 Å². The molecule has 3 rings (SSSR count). The molecule has 156 valence electrons. The van der Waals surface area contributed by atoms with Crippen molar-refractivity contribution >= 4 is 49.7 Å². The minimum absolute atomic E-state index is 0.0839. The predicted molar refractivity (Wildman–Crippen MR) is 120 cm³/mol. The molecule has 0 radical (unpaired) electrons. The number of halogens is 1. The molecule has 3 atom stereocenters. The molecule has 7 nitrogen and oxygen atoms in total. The van der Waals surface area contributed by atoms with Crippen LogP contribution in [0.2, 0.25) is 0 Å². The molecule has 0 spiro atoms. The standard InChI is InChI=1S/C19H23BrN4O3S2/c1-3-10-23-12-17(27-18(25)15-8-6-11-28-15)24(26,13-23)19-22-21-16(29-19)9-5-7-14(20)4-2/h1,6,8,11,14,17H,4-5,7,9-10,12-13H2,2H3. The molecule has 0 bridgehead atoms. The third-order valence-corrected chi connectivity index (χ3v) is 7.75. The highest BCUT2D eigenvalue weighted by atomic mass is 79.9. The van der Waals surface area contributed by atoms with E-state index in [1.165, 1.54) is 22.7 Å². The van der Waals surface area contributed by atoms with E-state index < -0.39 is 16.8 Å². The lowest BCUT2D eigenvalue weighted by Gasteiger charge is -2.38. The van der Waals surface area contributed by atoms with E-state index in [4.69, 9.17) is 11.2 Å². The Kier molecular flexibility index (Phi) is 7.79. The molecule has 0 amide bonds. The van der Waals surface area contributed by atoms with Gasteiger partial charge in [-0.25, -0.2) is 9.69 Å². The van der Waals surface area contributed by atoms with E-state index in [-0.39, 0.29) is 13.2 Å². The highest BCUT2D eigenvalue weighted by Gasteiger charge is 2.46. The predicted octanol–water partition coefficient (Wildman–Crippen LogP) is 3.99. The second-order valence-electron chi connectivity index (χ2n) is 6.87. The Labute approximate surface area is 187 Å². The topological polar surface area (TPSA) is 78.4 Å². The fourth-order valence-corrected chi connectivity index (χ4v) is 4.98. The zero-order valence-electron chi connectivity index (χ0n) is 16.1. The SMILES string of the molecule is C#CCN1CC(OC(=O)c2cccs2)[N+]([O-])(c2nnc(CCCC(Br)CC)s2)C1. The van der Waals surface area contributed by atoms with Crippen LogP contribution in [0.15, 0.2) is 17.5 Å². The van der Waals surface area contributed by atoms with E-state index in [1.807, 2.05) is 0 Å². The molecule has 1 fully saturated rings. The van der Waals surface area contributed by atoms with Crippen molar-refractivity contribution in [2.75, 3.05) is 19.8 Å². The van der Waals surface area contributed by atoms with Crippen molar-refractivity contribution in [3.05, 3.63) is 32.6 Å². The Morgan fingerprint density at radius 1 is 1.59 bits per heavy atom. The number of aromatic nitrogens is 2. The maximum atomic E-state index is 13.7. The number of terminal acetylenes is 1. The van der Waals surface area contributed by atoms with Crippen LogP contribution in [0, 0.1) is 17.6 Å². The number of carbonyl (C=O) groups is 1. The number of rotatable bonds is 9. The Bertz CT molecular complexity index is 854. The third-order valence-electron chi connectivity index (χ3n) is 4.70. The van der Waals surface area contributed by atoms with Gasteiger partial charge in [0.25, 0.3) is 6.23 Å². The number of aryl methyl sites for hydroxylation is 1. The van der Waals surface area contributed by atoms with Gasteiger partial charge in [0, 0.05) is 11.2 Å². The summed E-state index contributed by atoms with van der Waals surface area (Å²) in [5.41, 5.74) is 0. The number of nitrogens with zero attached hydrogens (tertiary/aromatic N) is 4. The molecule has 3 heterocycles. The summed E-state index contributed by atoms with van der Waals surface area (Å²) in [6.07, 6.45) is 8.35. The molecule has 29 heavy (non-hydrogen) atoms. The van der Waals surface area contributed by atoms with E-state index >= 15 is 0 Å². The monoisotopic (exact) mass is 498 g/mol. The normalized spacial score (nSPS) is 23.0. The molecule has 0 N–H and O–H groups in total. The average Bonchev–Trinajstić information content (AvgIpc) is 3.44. The molecule has 3 unspecified atom stereocenters. The molecule has 1 aliphatic heterocycles. The first-order valence-electron chi connectivity index (χ1n) is 9.42. The van der Waals surface area contributed by atoms with Crippen LogP contribution in [-0.4, -0.2) is 51.9 Å². The number of esters is 1. The highest BCUT2D eigenvalue weighted by molar-refractivity contribution is 9.09. The van der Waals surface area contributed by atoms with Crippen molar-refractivity contribution < 1.29 is 9.53 Å². The van der Waals surface area contributed by atoms with Gasteiger partial charge in [0.1, 0.15) is 16.6 Å². The fraction of sp³-hybridized carbons (Fsp3) is 0.526. The van der Waals surface area contributed by atoms with Crippen molar-refractivity contribution in [3.63, 3.8) is 0 Å². The largest absolute Gasteiger partial charge is 0.622 e. The summed E-state index contributed by atoms with van der Waals surface area (Å²) in [5.74, 6) is 2.05. The van der Waals surface area contributed by atoms with Gasteiger partial charge < -0.3 is 9.94 Å². The molecule has 0 aliphatic carbocycles. The lowest BCUT2D eigenvalue weighted by Crippen LogP contribution is -2.50. The summed E-state index contributed by atoms with van der Waals surface area (Å²) in [7, 11) is 0. The van der Waals surface area contributed by atoms with Gasteiger partial charge >= 0.3 is 11.1 Å². The number of hydrogen-bond acceptors (Lipinski definition) is 8. The van der Waals surface area contributed by atoms with Crippen molar-refractivity contribution in [3.8, 4) is 12.3 Å². The highest BCUT2D eigenvalue weighted by Crippen LogP contribution is 2.35. The van der Waals surface area contributed by atoms with Gasteiger partial charge in [0.05, 0.1) is 13.1 Å². The first kappa shape index (κ1) is 22.3. The van der Waals surface area contributed by atoms with Gasteiger partial charge in [-0.15, -0.1) is 22.9 Å². The van der Waals surface area contributed by atoms with Gasteiger partial charge in [-0.05, 0) is 42.0 Å².